The van der Waals surface area contributed by atoms with E-state index in [0.717, 1.165) is 7.05 Å². The standard InChI is InChI=1S/C16H10ClF4N3O4S/c1-3-4-23(28)29-14(26)8-5-11(10(18)6-9(8)17)24-13(25)7-12(16(19,20)21)22(2)15(24)27/h1,5-7,28H,4H2,2H3. The van der Waals surface area contributed by atoms with E-state index in [-0.39, 0.29) is 33.7 Å². The normalized spacial score (nSPS) is 11.6. The van der Waals surface area contributed by atoms with E-state index in [1.807, 2.05) is 0 Å². The van der Waals surface area contributed by atoms with Gasteiger partial charge in [-0.2, -0.15) is 13.2 Å². The Morgan fingerprint density at radius 3 is 2.52 bits per heavy atom. The van der Waals surface area contributed by atoms with E-state index in [4.69, 9.17) is 18.0 Å². The lowest BCUT2D eigenvalue weighted by Gasteiger charge is -2.15. The number of carbonyl (C=O) groups excluding carboxylic acids is 1. The molecule has 0 fully saturated rings. The fraction of sp³-hybridized carbons (Fsp3) is 0.188. The maximum atomic E-state index is 14.4. The third-order valence-electron chi connectivity index (χ3n) is 3.52. The Kier molecular flexibility index (Phi) is 6.59. The molecular formula is C16H10ClF4N3O4S. The van der Waals surface area contributed by atoms with Gasteiger partial charge >= 0.3 is 11.9 Å². The zero-order valence-electron chi connectivity index (χ0n) is 14.3. The van der Waals surface area contributed by atoms with Gasteiger partial charge in [-0.1, -0.05) is 17.5 Å². The predicted octanol–water partition coefficient (Wildman–Crippen LogP) is 2.46. The van der Waals surface area contributed by atoms with Crippen molar-refractivity contribution in [3.8, 4) is 18.0 Å². The van der Waals surface area contributed by atoms with Crippen LogP contribution in [-0.4, -0.2) is 30.5 Å². The molecule has 13 heteroatoms. The Balaban J connectivity index is 2.67. The van der Waals surface area contributed by atoms with Gasteiger partial charge in [-0.15, -0.1) is 10.9 Å². The summed E-state index contributed by atoms with van der Waals surface area (Å²) in [6.45, 7) is -0.346. The second-order valence-corrected chi connectivity index (χ2v) is 6.80. The first kappa shape index (κ1) is 22.7. The molecule has 0 unspecified atom stereocenters. The van der Waals surface area contributed by atoms with Crippen molar-refractivity contribution in [3.05, 3.63) is 61.1 Å². The van der Waals surface area contributed by atoms with Crippen LogP contribution in [0.15, 0.2) is 27.8 Å². The summed E-state index contributed by atoms with van der Waals surface area (Å²) in [5.41, 5.74) is -5.70. The number of hydrogen-bond donors (Lipinski definition) is 1. The summed E-state index contributed by atoms with van der Waals surface area (Å²) < 4.78 is 53.8. The number of rotatable bonds is 4. The van der Waals surface area contributed by atoms with Crippen LogP contribution >= 0.6 is 23.5 Å². The van der Waals surface area contributed by atoms with Crippen LogP contribution in [0, 0.1) is 18.2 Å². The molecule has 1 heterocycles. The number of terminal acetylenes is 1. The van der Waals surface area contributed by atoms with Gasteiger partial charge in [-0.05, 0) is 12.1 Å². The van der Waals surface area contributed by atoms with Crippen molar-refractivity contribution in [3.63, 3.8) is 0 Å². The van der Waals surface area contributed by atoms with E-state index in [2.05, 4.69) is 5.92 Å². The SMILES string of the molecule is C#CCN(O)SC(=O)c1cc(-n2c(=O)cc(C(F)(F)F)n(C)c2=O)c(F)cc1Cl. The van der Waals surface area contributed by atoms with E-state index in [1.54, 1.807) is 0 Å². The molecule has 7 nitrogen and oxygen atoms in total. The van der Waals surface area contributed by atoms with Gasteiger partial charge in [0.15, 0.2) is 0 Å². The van der Waals surface area contributed by atoms with E-state index >= 15 is 0 Å². The van der Waals surface area contributed by atoms with Crippen LogP contribution < -0.4 is 11.2 Å². The lowest BCUT2D eigenvalue weighted by Crippen LogP contribution is -2.41. The van der Waals surface area contributed by atoms with Crippen molar-refractivity contribution in [2.75, 3.05) is 6.54 Å². The van der Waals surface area contributed by atoms with Crippen molar-refractivity contribution < 1.29 is 27.6 Å². The molecule has 1 aromatic carbocycles. The van der Waals surface area contributed by atoms with Crippen LogP contribution in [0.3, 0.4) is 0 Å². The molecule has 0 spiro atoms. The molecule has 1 aromatic heterocycles. The molecule has 29 heavy (non-hydrogen) atoms. The zero-order valence-corrected chi connectivity index (χ0v) is 15.9. The summed E-state index contributed by atoms with van der Waals surface area (Å²) >= 11 is 6.01. The first-order valence-electron chi connectivity index (χ1n) is 7.40. The molecule has 2 rings (SSSR count). The number of hydroxylamine groups is 1. The minimum atomic E-state index is -5.00. The van der Waals surface area contributed by atoms with Crippen LogP contribution in [0.4, 0.5) is 17.6 Å². The smallest absolute Gasteiger partial charge is 0.302 e. The molecule has 154 valence electrons. The summed E-state index contributed by atoms with van der Waals surface area (Å²) in [5.74, 6) is 0.816. The molecule has 0 aliphatic rings. The number of carbonyl (C=O) groups is 1. The van der Waals surface area contributed by atoms with Gasteiger partial charge in [0, 0.05) is 25.1 Å². The lowest BCUT2D eigenvalue weighted by molar-refractivity contribution is -0.144. The van der Waals surface area contributed by atoms with Gasteiger partial charge in [0.05, 0.1) is 22.8 Å². The third-order valence-corrected chi connectivity index (χ3v) is 4.56. The molecule has 0 bridgehead atoms. The van der Waals surface area contributed by atoms with E-state index < -0.39 is 50.3 Å². The minimum absolute atomic E-state index is 0.119. The molecule has 1 N–H and O–H groups in total. The van der Waals surface area contributed by atoms with Crippen molar-refractivity contribution in [2.24, 2.45) is 7.05 Å². The Labute approximate surface area is 169 Å². The Morgan fingerprint density at radius 1 is 1.34 bits per heavy atom. The van der Waals surface area contributed by atoms with Gasteiger partial charge < -0.3 is 5.21 Å². The first-order valence-corrected chi connectivity index (χ1v) is 8.55. The van der Waals surface area contributed by atoms with Gasteiger partial charge in [-0.25, -0.2) is 13.8 Å². The fourth-order valence-electron chi connectivity index (χ4n) is 2.24. The quantitative estimate of drug-likeness (QED) is 0.333. The summed E-state index contributed by atoms with van der Waals surface area (Å²) in [5, 5.41) is 8.10. The number of benzene rings is 1. The molecule has 0 saturated carbocycles. The molecule has 0 aliphatic heterocycles. The van der Waals surface area contributed by atoms with E-state index in [1.165, 1.54) is 0 Å². The summed E-state index contributed by atoms with van der Waals surface area (Å²) in [6, 6.07) is 1.44. The van der Waals surface area contributed by atoms with Gasteiger partial charge in [-0.3, -0.25) is 14.2 Å². The second kappa shape index (κ2) is 8.42. The number of aromatic nitrogens is 2. The maximum Gasteiger partial charge on any atom is 0.431 e. The molecular weight excluding hydrogens is 442 g/mol. The molecule has 0 amide bonds. The Morgan fingerprint density at radius 2 is 1.97 bits per heavy atom. The van der Waals surface area contributed by atoms with Crippen LogP contribution in [0.2, 0.25) is 5.02 Å². The monoisotopic (exact) mass is 451 g/mol. The van der Waals surface area contributed by atoms with Crippen molar-refractivity contribution in [2.45, 2.75) is 6.18 Å². The largest absolute Gasteiger partial charge is 0.431 e. The maximum absolute atomic E-state index is 14.4. The highest BCUT2D eigenvalue weighted by Gasteiger charge is 2.35. The minimum Gasteiger partial charge on any atom is -0.302 e. The van der Waals surface area contributed by atoms with E-state index in [0.29, 0.717) is 16.6 Å². The molecule has 0 atom stereocenters. The number of hydrogen-bond acceptors (Lipinski definition) is 6. The highest BCUT2D eigenvalue weighted by molar-refractivity contribution is 8.12. The molecule has 2 aromatic rings. The summed E-state index contributed by atoms with van der Waals surface area (Å²) in [6.07, 6.45) is -0.0192. The number of nitrogens with zero attached hydrogens (tertiary/aromatic N) is 3. The average molecular weight is 452 g/mol. The van der Waals surface area contributed by atoms with Crippen molar-refractivity contribution >= 4 is 28.7 Å². The molecule has 0 radical (unpaired) electrons. The van der Waals surface area contributed by atoms with E-state index in [9.17, 15) is 37.2 Å². The van der Waals surface area contributed by atoms with Crippen LogP contribution in [0.5, 0.6) is 0 Å². The third kappa shape index (κ3) is 4.70. The van der Waals surface area contributed by atoms with Crippen LogP contribution in [-0.2, 0) is 13.2 Å². The zero-order chi connectivity index (χ0) is 22.1. The summed E-state index contributed by atoms with van der Waals surface area (Å²) in [4.78, 5) is 36.7. The fourth-order valence-corrected chi connectivity index (χ4v) is 3.13. The van der Waals surface area contributed by atoms with Crippen molar-refractivity contribution in [1.29, 1.82) is 0 Å². The number of halogens is 5. The molecule has 0 saturated heterocycles. The predicted molar refractivity (Wildman–Crippen MR) is 96.5 cm³/mol. The average Bonchev–Trinajstić information content (AvgIpc) is 2.58. The van der Waals surface area contributed by atoms with Gasteiger partial charge in [0.1, 0.15) is 11.5 Å². The lowest BCUT2D eigenvalue weighted by atomic mass is 10.2. The van der Waals surface area contributed by atoms with Crippen LogP contribution in [0.25, 0.3) is 5.69 Å². The van der Waals surface area contributed by atoms with Crippen LogP contribution in [0.1, 0.15) is 16.1 Å². The first-order chi connectivity index (χ1) is 13.4. The highest BCUT2D eigenvalue weighted by atomic mass is 35.5. The molecule has 0 aliphatic carbocycles. The Bertz CT molecular complexity index is 1140. The Hall–Kier alpha value is -2.59. The van der Waals surface area contributed by atoms with Gasteiger partial charge in [0.25, 0.3) is 5.56 Å². The second-order valence-electron chi connectivity index (χ2n) is 5.42. The topological polar surface area (TPSA) is 84.5 Å². The van der Waals surface area contributed by atoms with Crippen molar-refractivity contribution in [1.82, 2.24) is 13.6 Å². The van der Waals surface area contributed by atoms with Gasteiger partial charge in [0.2, 0.25) is 5.12 Å². The summed E-state index contributed by atoms with van der Waals surface area (Å²) in [7, 11) is 0.750. The number of alkyl halides is 3. The highest BCUT2D eigenvalue weighted by Crippen LogP contribution is 2.28.